The zero-order chi connectivity index (χ0) is 23.5. The zero-order valence-electron chi connectivity index (χ0n) is 19.9. The Hall–Kier alpha value is -1.90. The van der Waals surface area contributed by atoms with Crippen molar-refractivity contribution in [3.63, 3.8) is 0 Å². The average Bonchev–Trinajstić information content (AvgIpc) is 3.10. The summed E-state index contributed by atoms with van der Waals surface area (Å²) < 4.78 is 0. The van der Waals surface area contributed by atoms with Gasteiger partial charge in [-0.3, -0.25) is 4.79 Å². The van der Waals surface area contributed by atoms with E-state index in [1.54, 1.807) is 0 Å². The van der Waals surface area contributed by atoms with Gasteiger partial charge in [0, 0.05) is 30.1 Å². The predicted molar refractivity (Wildman–Crippen MR) is 135 cm³/mol. The van der Waals surface area contributed by atoms with Gasteiger partial charge >= 0.3 is 0 Å². The van der Waals surface area contributed by atoms with Gasteiger partial charge in [0.05, 0.1) is 11.8 Å². The fraction of sp³-hybridized carbons (Fsp3) is 0.667. The van der Waals surface area contributed by atoms with Gasteiger partial charge in [0.1, 0.15) is 15.5 Å². The van der Waals surface area contributed by atoms with E-state index >= 15 is 0 Å². The molecular weight excluding hydrogens is 422 g/mol. The molecule has 1 saturated heterocycles. The van der Waals surface area contributed by atoms with Crippen molar-refractivity contribution < 1.29 is 9.90 Å². The van der Waals surface area contributed by atoms with E-state index in [1.165, 1.54) is 11.3 Å². The molecule has 0 aliphatic carbocycles. The molecular formula is C24H39N5O2S. The van der Waals surface area contributed by atoms with E-state index in [1.807, 2.05) is 6.92 Å². The first kappa shape index (κ1) is 24.7. The van der Waals surface area contributed by atoms with Crippen LogP contribution in [0, 0.1) is 0 Å². The van der Waals surface area contributed by atoms with Crippen LogP contribution in [0.5, 0.6) is 0 Å². The number of nitrogen functional groups attached to an aromatic ring is 1. The monoisotopic (exact) mass is 461 g/mol. The van der Waals surface area contributed by atoms with Gasteiger partial charge in [-0.2, -0.15) is 0 Å². The van der Waals surface area contributed by atoms with Crippen molar-refractivity contribution in [2.45, 2.75) is 90.3 Å². The molecule has 0 saturated carbocycles. The highest BCUT2D eigenvalue weighted by Crippen LogP contribution is 2.37. The summed E-state index contributed by atoms with van der Waals surface area (Å²) in [5.74, 6) is 0.465. The summed E-state index contributed by atoms with van der Waals surface area (Å²) in [4.78, 5) is 20.2. The number of primary amides is 1. The number of rotatable bonds is 10. The molecule has 2 aromatic rings. The number of carbonyl (C=O) groups excluding carboxylic acids is 1. The second-order valence-corrected chi connectivity index (χ2v) is 10.2. The van der Waals surface area contributed by atoms with Crippen LogP contribution in [0.15, 0.2) is 6.07 Å². The number of carbonyl (C=O) groups is 1. The molecule has 3 rings (SSSR count). The second kappa shape index (κ2) is 10.4. The van der Waals surface area contributed by atoms with Crippen molar-refractivity contribution in [1.82, 2.24) is 10.3 Å². The summed E-state index contributed by atoms with van der Waals surface area (Å²) in [6, 6.07) is 2.58. The predicted octanol–water partition coefficient (Wildman–Crippen LogP) is 3.82. The van der Waals surface area contributed by atoms with Crippen molar-refractivity contribution in [3.05, 3.63) is 16.5 Å². The Labute approximate surface area is 195 Å². The molecule has 0 radical (unpaired) electrons. The average molecular weight is 462 g/mol. The van der Waals surface area contributed by atoms with E-state index in [2.05, 4.69) is 37.1 Å². The van der Waals surface area contributed by atoms with Crippen LogP contribution in [0.1, 0.15) is 81.5 Å². The summed E-state index contributed by atoms with van der Waals surface area (Å²) in [5.41, 5.74) is 13.4. The van der Waals surface area contributed by atoms with Gasteiger partial charge < -0.3 is 26.8 Å². The molecule has 1 atom stereocenters. The lowest BCUT2D eigenvalue weighted by Gasteiger charge is -2.41. The van der Waals surface area contributed by atoms with Crippen LogP contribution >= 0.6 is 11.3 Å². The molecule has 1 fully saturated rings. The number of aliphatic hydroxyl groups is 1. The smallest absolute Gasteiger partial charge is 0.260 e. The maximum Gasteiger partial charge on any atom is 0.260 e. The number of nitrogens with one attached hydrogen (secondary N) is 1. The number of aromatic nitrogens is 1. The molecule has 178 valence electrons. The number of aryl methyl sites for hydroxylation is 1. The van der Waals surface area contributed by atoms with Gasteiger partial charge in [-0.15, -0.1) is 11.3 Å². The number of anilines is 2. The number of hydrogen-bond donors (Lipinski definition) is 4. The highest BCUT2D eigenvalue weighted by atomic mass is 32.1. The minimum Gasteiger partial charge on any atom is -0.397 e. The standard InChI is InChI=1S/C24H39N5O2S/c1-5-8-16-13-18(27-23-19(16)20(25)21(32-23)22(26)31)29-11-9-17(10-12-29)28-24(6-2,7-3)14-15(4)30/h13,15,17,28,30H,5-12,14,25H2,1-4H3,(H2,26,31). The SMILES string of the molecule is CCCc1cc(N2CCC(NC(CC)(CC)CC(C)O)CC2)nc2sc(C(N)=O)c(N)c12. The molecule has 0 aromatic carbocycles. The van der Waals surface area contributed by atoms with Gasteiger partial charge in [-0.05, 0) is 57.1 Å². The number of hydrogen-bond acceptors (Lipinski definition) is 7. The number of pyridine rings is 1. The van der Waals surface area contributed by atoms with Gasteiger partial charge in [0.15, 0.2) is 0 Å². The van der Waals surface area contributed by atoms with Crippen LogP contribution in [0.3, 0.4) is 0 Å². The van der Waals surface area contributed by atoms with Crippen LogP contribution in [0.25, 0.3) is 10.2 Å². The van der Waals surface area contributed by atoms with Crippen molar-refractivity contribution in [2.24, 2.45) is 5.73 Å². The van der Waals surface area contributed by atoms with E-state index in [4.69, 9.17) is 16.5 Å². The number of nitrogens with two attached hydrogens (primary N) is 2. The molecule has 8 heteroatoms. The van der Waals surface area contributed by atoms with Gasteiger partial charge in [0.2, 0.25) is 0 Å². The van der Waals surface area contributed by atoms with Crippen molar-refractivity contribution in [1.29, 1.82) is 0 Å². The quantitative estimate of drug-likeness (QED) is 0.427. The Morgan fingerprint density at radius 3 is 2.53 bits per heavy atom. The van der Waals surface area contributed by atoms with Crippen LogP contribution in [-0.4, -0.2) is 46.8 Å². The van der Waals surface area contributed by atoms with E-state index in [9.17, 15) is 9.90 Å². The van der Waals surface area contributed by atoms with Crippen LogP contribution in [0.2, 0.25) is 0 Å². The lowest BCUT2D eigenvalue weighted by atomic mass is 9.85. The van der Waals surface area contributed by atoms with Crippen molar-refractivity contribution in [3.8, 4) is 0 Å². The maximum atomic E-state index is 11.8. The lowest BCUT2D eigenvalue weighted by Crippen LogP contribution is -2.54. The van der Waals surface area contributed by atoms with E-state index in [0.717, 1.165) is 79.6 Å². The Kier molecular flexibility index (Phi) is 8.01. The summed E-state index contributed by atoms with van der Waals surface area (Å²) >= 11 is 1.30. The fourth-order valence-corrected chi connectivity index (χ4v) is 6.04. The molecule has 2 aromatic heterocycles. The summed E-state index contributed by atoms with van der Waals surface area (Å²) in [5, 5.41) is 14.8. The second-order valence-electron chi connectivity index (χ2n) is 9.23. The number of piperidine rings is 1. The van der Waals surface area contributed by atoms with Gasteiger partial charge in [-0.1, -0.05) is 27.2 Å². The van der Waals surface area contributed by atoms with Gasteiger partial charge in [-0.25, -0.2) is 4.98 Å². The summed E-state index contributed by atoms with van der Waals surface area (Å²) in [7, 11) is 0. The highest BCUT2D eigenvalue weighted by Gasteiger charge is 2.32. The molecule has 0 spiro atoms. The number of amides is 1. The first-order valence-corrected chi connectivity index (χ1v) is 12.8. The first-order valence-electron chi connectivity index (χ1n) is 12.0. The highest BCUT2D eigenvalue weighted by molar-refractivity contribution is 7.21. The Morgan fingerprint density at radius 2 is 2.00 bits per heavy atom. The van der Waals surface area contributed by atoms with E-state index in [-0.39, 0.29) is 11.6 Å². The molecule has 3 heterocycles. The molecule has 1 aliphatic heterocycles. The minimum atomic E-state index is -0.492. The lowest BCUT2D eigenvalue weighted by molar-refractivity contribution is 0.100. The third kappa shape index (κ3) is 5.18. The Morgan fingerprint density at radius 1 is 1.34 bits per heavy atom. The molecule has 6 N–H and O–H groups in total. The zero-order valence-corrected chi connectivity index (χ0v) is 20.7. The van der Waals surface area contributed by atoms with Crippen molar-refractivity contribution in [2.75, 3.05) is 23.7 Å². The largest absolute Gasteiger partial charge is 0.397 e. The molecule has 1 aliphatic rings. The van der Waals surface area contributed by atoms with Crippen molar-refractivity contribution >= 4 is 39.0 Å². The number of aliphatic hydroxyl groups excluding tert-OH is 1. The third-order valence-corrected chi connectivity index (χ3v) is 7.99. The Bertz CT molecular complexity index is 930. The van der Waals surface area contributed by atoms with Crippen LogP contribution in [-0.2, 0) is 6.42 Å². The van der Waals surface area contributed by atoms with E-state index in [0.29, 0.717) is 16.6 Å². The van der Waals surface area contributed by atoms with E-state index < -0.39 is 5.91 Å². The molecule has 32 heavy (non-hydrogen) atoms. The Balaban J connectivity index is 1.79. The van der Waals surface area contributed by atoms with Gasteiger partial charge in [0.25, 0.3) is 5.91 Å². The normalized spacial score (nSPS) is 16.6. The molecule has 0 bridgehead atoms. The topological polar surface area (TPSA) is 117 Å². The fourth-order valence-electron chi connectivity index (χ4n) is 5.05. The maximum absolute atomic E-state index is 11.8. The number of fused-ring (bicyclic) bond motifs is 1. The first-order chi connectivity index (χ1) is 15.2. The van der Waals surface area contributed by atoms with Crippen LogP contribution in [0.4, 0.5) is 11.5 Å². The molecule has 1 unspecified atom stereocenters. The number of nitrogens with zero attached hydrogens (tertiary/aromatic N) is 2. The molecule has 1 amide bonds. The molecule has 7 nitrogen and oxygen atoms in total. The summed E-state index contributed by atoms with van der Waals surface area (Å²) in [6.07, 6.45) is 6.43. The van der Waals surface area contributed by atoms with Crippen LogP contribution < -0.4 is 21.7 Å². The number of thiophene rings is 1. The minimum absolute atomic E-state index is 0.00782. The third-order valence-electron chi connectivity index (χ3n) is 6.88. The summed E-state index contributed by atoms with van der Waals surface area (Å²) in [6.45, 7) is 10.3.